The van der Waals surface area contributed by atoms with E-state index in [4.69, 9.17) is 6.42 Å². The maximum atomic E-state index is 13.4. The number of rotatable bonds is 4. The zero-order valence-electron chi connectivity index (χ0n) is 19.6. The molecule has 8 atom stereocenters. The molecule has 0 radical (unpaired) electrons. The smallest absolute Gasteiger partial charge is 0.146 e. The number of aliphatic hydroxyl groups is 1. The Kier molecular flexibility index (Phi) is 5.74. The molecule has 4 aliphatic carbocycles. The lowest BCUT2D eigenvalue weighted by Gasteiger charge is -2.61. The number of carbonyl (C=O) groups excluding carboxylic acids is 1. The van der Waals surface area contributed by atoms with Crippen molar-refractivity contribution in [3.8, 4) is 12.3 Å². The Morgan fingerprint density at radius 3 is 2.59 bits per heavy atom. The van der Waals surface area contributed by atoms with Gasteiger partial charge in [0.15, 0.2) is 0 Å². The van der Waals surface area contributed by atoms with Crippen molar-refractivity contribution in [3.05, 3.63) is 24.5 Å². The molecule has 4 fully saturated rings. The van der Waals surface area contributed by atoms with Gasteiger partial charge in [-0.25, -0.2) is 0 Å². The summed E-state index contributed by atoms with van der Waals surface area (Å²) in [6, 6.07) is 3.99. The molecule has 0 bridgehead atoms. The second-order valence-corrected chi connectivity index (χ2v) is 12.7. The molecular formula is C28H37NO2S. The highest BCUT2D eigenvalue weighted by Gasteiger charge is 2.61. The van der Waals surface area contributed by atoms with Crippen molar-refractivity contribution in [2.75, 3.05) is 5.75 Å². The molecule has 5 rings (SSSR count). The minimum Gasteiger partial charge on any atom is -0.378 e. The van der Waals surface area contributed by atoms with E-state index in [1.54, 1.807) is 24.2 Å². The van der Waals surface area contributed by atoms with Crippen LogP contribution in [-0.2, 0) is 4.79 Å². The van der Waals surface area contributed by atoms with Crippen molar-refractivity contribution in [1.82, 2.24) is 4.98 Å². The largest absolute Gasteiger partial charge is 0.378 e. The summed E-state index contributed by atoms with van der Waals surface area (Å²) in [6.07, 6.45) is 19.0. The van der Waals surface area contributed by atoms with Crippen molar-refractivity contribution < 1.29 is 9.90 Å². The number of Topliss-reactive ketones (excluding diaryl/α,β-unsaturated/α-hetero) is 1. The van der Waals surface area contributed by atoms with Gasteiger partial charge in [0, 0.05) is 23.2 Å². The molecular weight excluding hydrogens is 414 g/mol. The van der Waals surface area contributed by atoms with Crippen LogP contribution >= 0.6 is 11.8 Å². The Labute approximate surface area is 197 Å². The van der Waals surface area contributed by atoms with Crippen LogP contribution in [0.3, 0.4) is 0 Å². The van der Waals surface area contributed by atoms with Crippen LogP contribution in [0.4, 0.5) is 0 Å². The van der Waals surface area contributed by atoms with Gasteiger partial charge in [0.05, 0.1) is 5.75 Å². The van der Waals surface area contributed by atoms with Crippen LogP contribution in [0.2, 0.25) is 0 Å². The van der Waals surface area contributed by atoms with Gasteiger partial charge in [0.25, 0.3) is 0 Å². The average molecular weight is 452 g/mol. The third-order valence-corrected chi connectivity index (χ3v) is 11.4. The minimum absolute atomic E-state index is 0.161. The average Bonchev–Trinajstić information content (AvgIpc) is 3.16. The predicted molar refractivity (Wildman–Crippen MR) is 129 cm³/mol. The molecule has 32 heavy (non-hydrogen) atoms. The van der Waals surface area contributed by atoms with Gasteiger partial charge in [-0.3, -0.25) is 9.78 Å². The lowest BCUT2D eigenvalue weighted by molar-refractivity contribution is -0.144. The molecule has 1 heterocycles. The third kappa shape index (κ3) is 3.55. The zero-order chi connectivity index (χ0) is 22.6. The van der Waals surface area contributed by atoms with Gasteiger partial charge in [0.2, 0.25) is 0 Å². The Hall–Kier alpha value is -1.31. The molecule has 4 saturated carbocycles. The van der Waals surface area contributed by atoms with Crippen molar-refractivity contribution >= 4 is 17.5 Å². The van der Waals surface area contributed by atoms with E-state index in [1.165, 1.54) is 32.1 Å². The topological polar surface area (TPSA) is 50.2 Å². The highest BCUT2D eigenvalue weighted by atomic mass is 32.2. The Bertz CT molecular complexity index is 912. The summed E-state index contributed by atoms with van der Waals surface area (Å²) < 4.78 is 0. The fourth-order valence-corrected chi connectivity index (χ4v) is 9.42. The molecule has 1 aromatic rings. The van der Waals surface area contributed by atoms with E-state index >= 15 is 0 Å². The highest BCUT2D eigenvalue weighted by molar-refractivity contribution is 8.00. The number of thioether (sulfide) groups is 1. The van der Waals surface area contributed by atoms with E-state index in [0.717, 1.165) is 42.4 Å². The first-order valence-electron chi connectivity index (χ1n) is 12.5. The first kappa shape index (κ1) is 22.5. The molecule has 0 aromatic carbocycles. The quantitative estimate of drug-likeness (QED) is 0.467. The van der Waals surface area contributed by atoms with Gasteiger partial charge in [-0.05, 0) is 104 Å². The lowest BCUT2D eigenvalue weighted by Crippen LogP contribution is -2.56. The van der Waals surface area contributed by atoms with Crippen LogP contribution in [0.1, 0.15) is 71.6 Å². The molecule has 4 heteroatoms. The summed E-state index contributed by atoms with van der Waals surface area (Å²) >= 11 is 1.66. The van der Waals surface area contributed by atoms with E-state index < -0.39 is 5.60 Å². The van der Waals surface area contributed by atoms with E-state index in [9.17, 15) is 9.90 Å². The van der Waals surface area contributed by atoms with Crippen molar-refractivity contribution in [2.45, 2.75) is 82.1 Å². The van der Waals surface area contributed by atoms with Crippen LogP contribution in [0.5, 0.6) is 0 Å². The summed E-state index contributed by atoms with van der Waals surface area (Å²) in [7, 11) is 0. The summed E-state index contributed by atoms with van der Waals surface area (Å²) in [6.45, 7) is 4.93. The molecule has 0 spiro atoms. The third-order valence-electron chi connectivity index (χ3n) is 10.4. The van der Waals surface area contributed by atoms with E-state index in [0.29, 0.717) is 28.8 Å². The van der Waals surface area contributed by atoms with Gasteiger partial charge < -0.3 is 5.11 Å². The van der Waals surface area contributed by atoms with Gasteiger partial charge in [-0.1, -0.05) is 19.8 Å². The fourth-order valence-electron chi connectivity index (χ4n) is 8.60. The first-order valence-corrected chi connectivity index (χ1v) is 13.5. The maximum Gasteiger partial charge on any atom is 0.146 e. The number of aromatic nitrogens is 1. The number of terminal acetylenes is 1. The number of hydrogen-bond acceptors (Lipinski definition) is 4. The molecule has 1 aromatic heterocycles. The van der Waals surface area contributed by atoms with Crippen molar-refractivity contribution in [2.24, 2.45) is 40.4 Å². The lowest BCUT2D eigenvalue weighted by atomic mass is 9.44. The summed E-state index contributed by atoms with van der Waals surface area (Å²) in [5.74, 6) is 6.62. The second-order valence-electron chi connectivity index (χ2n) is 11.6. The van der Waals surface area contributed by atoms with Crippen LogP contribution in [0.25, 0.3) is 0 Å². The second kappa shape index (κ2) is 8.17. The molecule has 0 amide bonds. The predicted octanol–water partition coefficient (Wildman–Crippen LogP) is 5.77. The Morgan fingerprint density at radius 2 is 1.84 bits per heavy atom. The van der Waals surface area contributed by atoms with Gasteiger partial charge in [0.1, 0.15) is 11.4 Å². The molecule has 0 unspecified atom stereocenters. The molecule has 1 N–H and O–H groups in total. The number of fused-ring (bicyclic) bond motifs is 5. The standard InChI is InChI=1S/C28H37NO2S/c1-4-28(31)14-13-26(2)19(17-28)5-6-21-22-7-8-24(27(22,3)12-9-23(21)26)25(30)18-32-20-10-15-29-16-11-20/h1,10-11,15-16,19,21-24,31H,5-9,12-14,17-18H2,2-3H3/t19-,21-,22-,23-,24+,26-,27-,28+/m0/s1. The molecule has 3 nitrogen and oxygen atoms in total. The normalized spacial score (nSPS) is 45.2. The maximum absolute atomic E-state index is 13.4. The van der Waals surface area contributed by atoms with Crippen LogP contribution in [-0.4, -0.2) is 27.2 Å². The number of nitrogens with zero attached hydrogens (tertiary/aromatic N) is 1. The van der Waals surface area contributed by atoms with Gasteiger partial charge in [-0.2, -0.15) is 0 Å². The SMILES string of the molecule is C#C[C@@]1(O)CC[C@@]2(C)[C@@H](CC[C@@H]3[C@@H]2CC[C@]2(C)[C@@H](C(=O)CSc4ccncc4)CC[C@@H]32)C1. The number of pyridine rings is 1. The van der Waals surface area contributed by atoms with Crippen molar-refractivity contribution in [1.29, 1.82) is 0 Å². The number of carbonyl (C=O) groups is 1. The van der Waals surface area contributed by atoms with Gasteiger partial charge >= 0.3 is 0 Å². The molecule has 172 valence electrons. The molecule has 0 saturated heterocycles. The number of hydrogen-bond donors (Lipinski definition) is 1. The minimum atomic E-state index is -0.891. The summed E-state index contributed by atoms with van der Waals surface area (Å²) in [5, 5.41) is 10.8. The van der Waals surface area contributed by atoms with Crippen LogP contribution in [0, 0.1) is 52.8 Å². The Morgan fingerprint density at radius 1 is 1.09 bits per heavy atom. The summed E-state index contributed by atoms with van der Waals surface area (Å²) in [4.78, 5) is 18.6. The van der Waals surface area contributed by atoms with E-state index in [1.807, 2.05) is 12.1 Å². The molecule has 4 aliphatic rings. The fraction of sp³-hybridized carbons (Fsp3) is 0.714. The van der Waals surface area contributed by atoms with E-state index in [-0.39, 0.29) is 11.3 Å². The molecule has 0 aliphatic heterocycles. The monoisotopic (exact) mass is 451 g/mol. The highest BCUT2D eigenvalue weighted by Crippen LogP contribution is 2.68. The first-order chi connectivity index (χ1) is 15.3. The summed E-state index contributed by atoms with van der Waals surface area (Å²) in [5.41, 5.74) is -0.432. The van der Waals surface area contributed by atoms with Gasteiger partial charge in [-0.15, -0.1) is 18.2 Å². The Balaban J connectivity index is 1.30. The zero-order valence-corrected chi connectivity index (χ0v) is 20.4. The number of ketones is 1. The van der Waals surface area contributed by atoms with Crippen LogP contribution < -0.4 is 0 Å². The van der Waals surface area contributed by atoms with E-state index in [2.05, 4.69) is 24.8 Å². The van der Waals surface area contributed by atoms with Crippen LogP contribution in [0.15, 0.2) is 29.4 Å². The van der Waals surface area contributed by atoms with Crippen molar-refractivity contribution in [3.63, 3.8) is 0 Å².